The predicted molar refractivity (Wildman–Crippen MR) is 74.1 cm³/mol. The summed E-state index contributed by atoms with van der Waals surface area (Å²) < 4.78 is 5.05. The molecule has 1 aromatic heterocycles. The summed E-state index contributed by atoms with van der Waals surface area (Å²) in [5.74, 6) is 1.12. The Bertz CT molecular complexity index is 370. The highest BCUT2D eigenvalue weighted by Crippen LogP contribution is 2.23. The van der Waals surface area contributed by atoms with Crippen LogP contribution in [0.5, 0.6) is 0 Å². The van der Waals surface area contributed by atoms with Gasteiger partial charge in [0.05, 0.1) is 6.61 Å². The molecule has 1 fully saturated rings. The largest absolute Gasteiger partial charge is 0.383 e. The van der Waals surface area contributed by atoms with Crippen LogP contribution in [0.2, 0.25) is 0 Å². The second-order valence-electron chi connectivity index (χ2n) is 4.82. The summed E-state index contributed by atoms with van der Waals surface area (Å²) in [7, 11) is 1.74. The Labute approximate surface area is 109 Å². The van der Waals surface area contributed by atoms with Gasteiger partial charge in [0, 0.05) is 38.5 Å². The van der Waals surface area contributed by atoms with Gasteiger partial charge in [0.1, 0.15) is 5.82 Å². The van der Waals surface area contributed by atoms with E-state index in [9.17, 15) is 0 Å². The normalized spacial score (nSPS) is 19.4. The van der Waals surface area contributed by atoms with E-state index in [0.717, 1.165) is 37.8 Å². The third-order valence-corrected chi connectivity index (χ3v) is 3.41. The van der Waals surface area contributed by atoms with Gasteiger partial charge in [-0.3, -0.25) is 0 Å². The van der Waals surface area contributed by atoms with E-state index in [4.69, 9.17) is 4.74 Å². The fourth-order valence-electron chi connectivity index (χ4n) is 2.48. The van der Waals surface area contributed by atoms with Crippen LogP contribution in [0.25, 0.3) is 0 Å². The van der Waals surface area contributed by atoms with Crippen molar-refractivity contribution in [3.63, 3.8) is 0 Å². The zero-order chi connectivity index (χ0) is 12.8. The van der Waals surface area contributed by atoms with Gasteiger partial charge < -0.3 is 15.0 Å². The van der Waals surface area contributed by atoms with Crippen LogP contribution >= 0.6 is 0 Å². The van der Waals surface area contributed by atoms with Gasteiger partial charge in [0.2, 0.25) is 0 Å². The molecule has 0 amide bonds. The summed E-state index contributed by atoms with van der Waals surface area (Å²) in [6.45, 7) is 5.87. The van der Waals surface area contributed by atoms with E-state index in [-0.39, 0.29) is 0 Å². The quantitative estimate of drug-likeness (QED) is 0.777. The maximum absolute atomic E-state index is 5.05. The Morgan fingerprint density at radius 3 is 3.17 bits per heavy atom. The number of hydrogen-bond acceptors (Lipinski definition) is 4. The minimum Gasteiger partial charge on any atom is -0.383 e. The molecule has 0 radical (unpaired) electrons. The fraction of sp³-hybridized carbons (Fsp3) is 0.643. The first-order chi connectivity index (χ1) is 8.81. The Hall–Kier alpha value is -1.13. The Kier molecular flexibility index (Phi) is 4.96. The van der Waals surface area contributed by atoms with Gasteiger partial charge in [-0.15, -0.1) is 0 Å². The standard InChI is InChI=1S/C14H23N3O/c1-12-5-3-7-14(16-12)17-9-4-6-13(17)11-15-8-10-18-2/h3,5,7,13,15H,4,6,8-11H2,1-2H3. The van der Waals surface area contributed by atoms with E-state index in [1.807, 2.05) is 13.0 Å². The van der Waals surface area contributed by atoms with Crippen LogP contribution < -0.4 is 10.2 Å². The minimum atomic E-state index is 0.566. The lowest BCUT2D eigenvalue weighted by atomic mass is 10.2. The SMILES string of the molecule is COCCNCC1CCCN1c1cccc(C)n1. The van der Waals surface area contributed by atoms with Gasteiger partial charge in [-0.2, -0.15) is 0 Å². The lowest BCUT2D eigenvalue weighted by molar-refractivity contribution is 0.199. The first-order valence-corrected chi connectivity index (χ1v) is 6.71. The molecule has 4 heteroatoms. The molecule has 18 heavy (non-hydrogen) atoms. The minimum absolute atomic E-state index is 0.566. The summed E-state index contributed by atoms with van der Waals surface area (Å²) in [4.78, 5) is 7.05. The third kappa shape index (κ3) is 3.43. The van der Waals surface area contributed by atoms with E-state index in [1.165, 1.54) is 12.8 Å². The van der Waals surface area contributed by atoms with Gasteiger partial charge in [-0.1, -0.05) is 6.07 Å². The average Bonchev–Trinajstić information content (AvgIpc) is 2.83. The molecule has 1 aliphatic rings. The van der Waals surface area contributed by atoms with Crippen LogP contribution in [-0.2, 0) is 4.74 Å². The lowest BCUT2D eigenvalue weighted by Gasteiger charge is -2.26. The predicted octanol–water partition coefficient (Wildman–Crippen LogP) is 1.59. The van der Waals surface area contributed by atoms with Gasteiger partial charge in [-0.25, -0.2) is 4.98 Å². The maximum Gasteiger partial charge on any atom is 0.129 e. The van der Waals surface area contributed by atoms with Crippen molar-refractivity contribution in [1.82, 2.24) is 10.3 Å². The van der Waals surface area contributed by atoms with Gasteiger partial charge in [-0.05, 0) is 31.9 Å². The fourth-order valence-corrected chi connectivity index (χ4v) is 2.48. The van der Waals surface area contributed by atoms with Crippen LogP contribution in [0.3, 0.4) is 0 Å². The van der Waals surface area contributed by atoms with Crippen LogP contribution in [0.4, 0.5) is 5.82 Å². The number of hydrogen-bond donors (Lipinski definition) is 1. The van der Waals surface area contributed by atoms with Crippen molar-refractivity contribution in [2.24, 2.45) is 0 Å². The average molecular weight is 249 g/mol. The summed E-state index contributed by atoms with van der Waals surface area (Å²) in [6, 6.07) is 6.81. The van der Waals surface area contributed by atoms with Crippen LogP contribution in [0.15, 0.2) is 18.2 Å². The van der Waals surface area contributed by atoms with Gasteiger partial charge in [0.25, 0.3) is 0 Å². The van der Waals surface area contributed by atoms with Crippen LogP contribution in [0.1, 0.15) is 18.5 Å². The smallest absolute Gasteiger partial charge is 0.129 e. The second kappa shape index (κ2) is 6.71. The van der Waals surface area contributed by atoms with Crippen molar-refractivity contribution in [2.45, 2.75) is 25.8 Å². The molecule has 1 unspecified atom stereocenters. The Morgan fingerprint density at radius 1 is 1.50 bits per heavy atom. The number of pyridine rings is 1. The molecule has 0 spiro atoms. The molecular formula is C14H23N3O. The molecular weight excluding hydrogens is 226 g/mol. The molecule has 100 valence electrons. The van der Waals surface area contributed by atoms with E-state index in [0.29, 0.717) is 6.04 Å². The first kappa shape index (κ1) is 13.3. The topological polar surface area (TPSA) is 37.4 Å². The number of anilines is 1. The third-order valence-electron chi connectivity index (χ3n) is 3.41. The van der Waals surface area contributed by atoms with Crippen molar-refractivity contribution < 1.29 is 4.74 Å². The van der Waals surface area contributed by atoms with Gasteiger partial charge >= 0.3 is 0 Å². The van der Waals surface area contributed by atoms with Crippen LogP contribution in [-0.4, -0.2) is 44.4 Å². The first-order valence-electron chi connectivity index (χ1n) is 6.71. The zero-order valence-electron chi connectivity index (χ0n) is 11.4. The molecule has 2 rings (SSSR count). The summed E-state index contributed by atoms with van der Waals surface area (Å²) in [5, 5.41) is 3.45. The number of rotatable bonds is 6. The molecule has 1 atom stereocenters. The van der Waals surface area contributed by atoms with E-state index < -0.39 is 0 Å². The number of aromatic nitrogens is 1. The Balaban J connectivity index is 1.91. The molecule has 1 aromatic rings. The van der Waals surface area contributed by atoms with Crippen molar-refractivity contribution in [1.29, 1.82) is 0 Å². The number of nitrogens with one attached hydrogen (secondary N) is 1. The summed E-state index contributed by atoms with van der Waals surface area (Å²) >= 11 is 0. The number of aryl methyl sites for hydroxylation is 1. The highest BCUT2D eigenvalue weighted by molar-refractivity contribution is 5.41. The van der Waals surface area contributed by atoms with Crippen molar-refractivity contribution in [2.75, 3.05) is 38.3 Å². The molecule has 1 N–H and O–H groups in total. The summed E-state index contributed by atoms with van der Waals surface area (Å²) in [6.07, 6.45) is 2.50. The van der Waals surface area contributed by atoms with E-state index >= 15 is 0 Å². The van der Waals surface area contributed by atoms with Crippen molar-refractivity contribution >= 4 is 5.82 Å². The maximum atomic E-state index is 5.05. The molecule has 1 aliphatic heterocycles. The molecule has 0 aliphatic carbocycles. The highest BCUT2D eigenvalue weighted by Gasteiger charge is 2.24. The number of methoxy groups -OCH3 is 1. The van der Waals surface area contributed by atoms with E-state index in [2.05, 4.69) is 27.3 Å². The molecule has 1 saturated heterocycles. The second-order valence-corrected chi connectivity index (χ2v) is 4.82. The number of ether oxygens (including phenoxy) is 1. The van der Waals surface area contributed by atoms with Crippen molar-refractivity contribution in [3.05, 3.63) is 23.9 Å². The molecule has 0 saturated carbocycles. The van der Waals surface area contributed by atoms with Crippen LogP contribution in [0, 0.1) is 6.92 Å². The molecule has 4 nitrogen and oxygen atoms in total. The number of nitrogens with zero attached hydrogens (tertiary/aromatic N) is 2. The molecule has 2 heterocycles. The van der Waals surface area contributed by atoms with Crippen molar-refractivity contribution in [3.8, 4) is 0 Å². The van der Waals surface area contributed by atoms with E-state index in [1.54, 1.807) is 7.11 Å². The Morgan fingerprint density at radius 2 is 2.39 bits per heavy atom. The molecule has 0 bridgehead atoms. The molecule has 0 aromatic carbocycles. The lowest BCUT2D eigenvalue weighted by Crippen LogP contribution is -2.39. The van der Waals surface area contributed by atoms with Gasteiger partial charge in [0.15, 0.2) is 0 Å². The highest BCUT2D eigenvalue weighted by atomic mass is 16.5. The monoisotopic (exact) mass is 249 g/mol. The summed E-state index contributed by atoms with van der Waals surface area (Å²) in [5.41, 5.74) is 1.09. The zero-order valence-corrected chi connectivity index (χ0v) is 11.4.